The zero-order valence-electron chi connectivity index (χ0n) is 17.3. The molecule has 0 aromatic carbocycles. The minimum Gasteiger partial charge on any atom is -0.389 e. The second-order valence-electron chi connectivity index (χ2n) is 6.74. The summed E-state index contributed by atoms with van der Waals surface area (Å²) in [6.07, 6.45) is 4.31. The fourth-order valence-electron chi connectivity index (χ4n) is 2.60. The van der Waals surface area contributed by atoms with Crippen LogP contribution < -0.4 is 20.7 Å². The smallest absolute Gasteiger partial charge is 0.389 e. The van der Waals surface area contributed by atoms with Gasteiger partial charge in [-0.05, 0) is 0 Å². The van der Waals surface area contributed by atoms with Crippen LogP contribution in [0.4, 0.5) is 26.2 Å². The van der Waals surface area contributed by atoms with Crippen molar-refractivity contribution in [2.45, 2.75) is 19.8 Å². The maximum absolute atomic E-state index is 13.5. The second kappa shape index (κ2) is 9.15. The van der Waals surface area contributed by atoms with E-state index in [9.17, 15) is 14.0 Å². The standard InChI is InChI=1S/C19H21FN8O3/c1-10(2)16-23-8-14(25-12-5-11(20)6-22-7-12)18(27-16)31-19(30)26-13-9-24-28(4)15(13)17(29)21-3/h5-10,25H,1-4H3,(H,21,29)(H,26,30). The second-order valence-corrected chi connectivity index (χ2v) is 6.74. The van der Waals surface area contributed by atoms with Gasteiger partial charge in [0.15, 0.2) is 0 Å². The van der Waals surface area contributed by atoms with Gasteiger partial charge in [0.1, 0.15) is 23.0 Å². The Morgan fingerprint density at radius 2 is 1.94 bits per heavy atom. The monoisotopic (exact) mass is 428 g/mol. The van der Waals surface area contributed by atoms with Crippen molar-refractivity contribution < 1.29 is 18.7 Å². The number of amides is 2. The number of nitrogens with zero attached hydrogens (tertiary/aromatic N) is 5. The number of pyridine rings is 1. The molecule has 3 heterocycles. The third kappa shape index (κ3) is 5.10. The van der Waals surface area contributed by atoms with E-state index < -0.39 is 17.8 Å². The van der Waals surface area contributed by atoms with Gasteiger partial charge in [-0.2, -0.15) is 10.1 Å². The largest absolute Gasteiger partial charge is 0.418 e. The summed E-state index contributed by atoms with van der Waals surface area (Å²) >= 11 is 0. The molecule has 0 radical (unpaired) electrons. The van der Waals surface area contributed by atoms with Gasteiger partial charge in [0.25, 0.3) is 11.8 Å². The van der Waals surface area contributed by atoms with E-state index in [0.717, 1.165) is 6.20 Å². The van der Waals surface area contributed by atoms with Crippen LogP contribution in [0.25, 0.3) is 0 Å². The van der Waals surface area contributed by atoms with E-state index in [-0.39, 0.29) is 28.9 Å². The van der Waals surface area contributed by atoms with Crippen LogP contribution in [-0.2, 0) is 7.05 Å². The molecule has 0 fully saturated rings. The highest BCUT2D eigenvalue weighted by atomic mass is 19.1. The van der Waals surface area contributed by atoms with Gasteiger partial charge in [0.2, 0.25) is 0 Å². The topological polar surface area (TPSA) is 136 Å². The summed E-state index contributed by atoms with van der Waals surface area (Å²) in [4.78, 5) is 36.8. The summed E-state index contributed by atoms with van der Waals surface area (Å²) in [7, 11) is 3.03. The molecule has 0 aliphatic heterocycles. The number of rotatable bonds is 6. The minimum atomic E-state index is -0.896. The van der Waals surface area contributed by atoms with Gasteiger partial charge in [0, 0.05) is 26.1 Å². The molecule has 12 heteroatoms. The molecule has 0 atom stereocenters. The molecular formula is C19H21FN8O3. The molecule has 0 saturated heterocycles. The Bertz CT molecular complexity index is 1120. The first-order chi connectivity index (χ1) is 14.8. The number of carbonyl (C=O) groups excluding carboxylic acids is 2. The summed E-state index contributed by atoms with van der Waals surface area (Å²) in [6, 6.07) is 1.22. The molecule has 0 aliphatic carbocycles. The Balaban J connectivity index is 1.86. The lowest BCUT2D eigenvalue weighted by Crippen LogP contribution is -2.25. The van der Waals surface area contributed by atoms with Crippen LogP contribution in [0, 0.1) is 5.82 Å². The Labute approximate surface area is 177 Å². The summed E-state index contributed by atoms with van der Waals surface area (Å²) in [5.41, 5.74) is 0.855. The number of aryl methyl sites for hydroxylation is 1. The molecule has 11 nitrogen and oxygen atoms in total. The number of ether oxygens (including phenoxy) is 1. The zero-order chi connectivity index (χ0) is 22.5. The zero-order valence-corrected chi connectivity index (χ0v) is 17.3. The fourth-order valence-corrected chi connectivity index (χ4v) is 2.60. The van der Waals surface area contributed by atoms with E-state index in [2.05, 4.69) is 36.0 Å². The minimum absolute atomic E-state index is 0.0338. The molecule has 3 aromatic heterocycles. The highest BCUT2D eigenvalue weighted by Gasteiger charge is 2.20. The number of carbonyl (C=O) groups is 2. The molecule has 3 N–H and O–H groups in total. The summed E-state index contributed by atoms with van der Waals surface area (Å²) in [5.74, 6) is -0.638. The van der Waals surface area contributed by atoms with Crippen molar-refractivity contribution >= 4 is 29.1 Å². The van der Waals surface area contributed by atoms with Crippen molar-refractivity contribution in [1.82, 2.24) is 30.0 Å². The highest BCUT2D eigenvalue weighted by Crippen LogP contribution is 2.27. The summed E-state index contributed by atoms with van der Waals surface area (Å²) in [5, 5.41) is 11.8. The maximum atomic E-state index is 13.5. The van der Waals surface area contributed by atoms with Gasteiger partial charge in [0.05, 0.1) is 36.2 Å². The number of hydrogen-bond donors (Lipinski definition) is 3. The van der Waals surface area contributed by atoms with Crippen molar-refractivity contribution in [3.05, 3.63) is 48.2 Å². The van der Waals surface area contributed by atoms with Crippen LogP contribution in [0.15, 0.2) is 30.9 Å². The average molecular weight is 428 g/mol. The van der Waals surface area contributed by atoms with Gasteiger partial charge in [-0.1, -0.05) is 13.8 Å². The van der Waals surface area contributed by atoms with Crippen LogP contribution >= 0.6 is 0 Å². The first kappa shape index (κ1) is 21.6. The molecule has 0 saturated carbocycles. The van der Waals surface area contributed by atoms with Gasteiger partial charge in [-0.3, -0.25) is 19.8 Å². The van der Waals surface area contributed by atoms with Crippen LogP contribution in [0.3, 0.4) is 0 Å². The Morgan fingerprint density at radius 1 is 1.16 bits per heavy atom. The molecule has 162 valence electrons. The van der Waals surface area contributed by atoms with Crippen molar-refractivity contribution in [3.8, 4) is 5.88 Å². The Kier molecular flexibility index (Phi) is 6.38. The molecule has 0 unspecified atom stereocenters. The fraction of sp³-hybridized carbons (Fsp3) is 0.263. The number of hydrogen-bond acceptors (Lipinski definition) is 8. The first-order valence-electron chi connectivity index (χ1n) is 9.26. The van der Waals surface area contributed by atoms with E-state index in [1.807, 2.05) is 13.8 Å². The molecule has 0 aliphatic rings. The van der Waals surface area contributed by atoms with Crippen molar-refractivity contribution in [2.75, 3.05) is 17.7 Å². The summed E-state index contributed by atoms with van der Waals surface area (Å²) < 4.78 is 20.2. The van der Waals surface area contributed by atoms with Crippen molar-refractivity contribution in [1.29, 1.82) is 0 Å². The number of halogens is 1. The van der Waals surface area contributed by atoms with Crippen molar-refractivity contribution in [2.24, 2.45) is 7.05 Å². The lowest BCUT2D eigenvalue weighted by Gasteiger charge is -2.13. The average Bonchev–Trinajstić information content (AvgIpc) is 3.08. The van der Waals surface area contributed by atoms with Gasteiger partial charge in [-0.15, -0.1) is 0 Å². The number of anilines is 3. The third-order valence-electron chi connectivity index (χ3n) is 4.08. The molecule has 3 aromatic rings. The normalized spacial score (nSPS) is 10.6. The van der Waals surface area contributed by atoms with E-state index in [0.29, 0.717) is 11.5 Å². The van der Waals surface area contributed by atoms with E-state index in [4.69, 9.17) is 4.74 Å². The summed E-state index contributed by atoms with van der Waals surface area (Å²) in [6.45, 7) is 3.77. The number of aromatic nitrogens is 5. The SMILES string of the molecule is CNC(=O)c1c(NC(=O)Oc2nc(C(C)C)ncc2Nc2cncc(F)c2)cnn1C. The molecule has 31 heavy (non-hydrogen) atoms. The molecule has 2 amide bonds. The molecule has 0 spiro atoms. The number of nitrogens with one attached hydrogen (secondary N) is 3. The lowest BCUT2D eigenvalue weighted by molar-refractivity contribution is 0.0954. The van der Waals surface area contributed by atoms with Crippen LogP contribution in [0.1, 0.15) is 36.1 Å². The van der Waals surface area contributed by atoms with Gasteiger partial charge in [-0.25, -0.2) is 14.2 Å². The Morgan fingerprint density at radius 3 is 2.61 bits per heavy atom. The molecule has 0 bridgehead atoms. The van der Waals surface area contributed by atoms with Gasteiger partial charge < -0.3 is 15.4 Å². The third-order valence-corrected chi connectivity index (χ3v) is 4.08. The van der Waals surface area contributed by atoms with Crippen molar-refractivity contribution in [3.63, 3.8) is 0 Å². The van der Waals surface area contributed by atoms with Crippen LogP contribution in [-0.4, -0.2) is 43.8 Å². The predicted molar refractivity (Wildman–Crippen MR) is 110 cm³/mol. The van der Waals surface area contributed by atoms with E-state index >= 15 is 0 Å². The lowest BCUT2D eigenvalue weighted by atomic mass is 10.2. The van der Waals surface area contributed by atoms with E-state index in [1.165, 1.54) is 36.4 Å². The van der Waals surface area contributed by atoms with Crippen LogP contribution in [0.2, 0.25) is 0 Å². The quantitative estimate of drug-likeness (QED) is 0.545. The maximum Gasteiger partial charge on any atom is 0.418 e. The predicted octanol–water partition coefficient (Wildman–Crippen LogP) is 2.58. The van der Waals surface area contributed by atoms with Crippen LogP contribution in [0.5, 0.6) is 5.88 Å². The highest BCUT2D eigenvalue weighted by molar-refractivity contribution is 6.01. The Hall–Kier alpha value is -4.09. The first-order valence-corrected chi connectivity index (χ1v) is 9.26. The molecular weight excluding hydrogens is 407 g/mol. The molecule has 3 rings (SSSR count). The van der Waals surface area contributed by atoms with E-state index in [1.54, 1.807) is 7.05 Å². The van der Waals surface area contributed by atoms with Gasteiger partial charge >= 0.3 is 6.09 Å².